The Kier molecular flexibility index (Phi) is 5.20. The molecular weight excluding hydrogens is 228 g/mol. The van der Waals surface area contributed by atoms with Crippen LogP contribution < -0.4 is 0 Å². The van der Waals surface area contributed by atoms with E-state index in [0.29, 0.717) is 0 Å². The van der Waals surface area contributed by atoms with Crippen LogP contribution in [0.15, 0.2) is 11.6 Å². The van der Waals surface area contributed by atoms with E-state index >= 15 is 0 Å². The number of likely N-dealkylation sites (N-methyl/N-ethyl adjacent to an activating group) is 1. The van der Waals surface area contributed by atoms with Crippen LogP contribution in [0, 0.1) is 0 Å². The number of nitrogens with zero attached hydrogens (tertiary/aromatic N) is 2. The molecule has 0 bridgehead atoms. The fourth-order valence-electron chi connectivity index (χ4n) is 1.78. The Morgan fingerprint density at radius 3 is 2.67 bits per heavy atom. The average Bonchev–Trinajstić information content (AvgIpc) is 2.25. The Labute approximate surface area is 111 Å². The second-order valence-corrected chi connectivity index (χ2v) is 6.03. The number of ether oxygens (including phenoxy) is 1. The lowest BCUT2D eigenvalue weighted by Gasteiger charge is -2.26. The molecular formula is C14H26N2O2. The first-order chi connectivity index (χ1) is 8.28. The van der Waals surface area contributed by atoms with Crippen LogP contribution in [-0.2, 0) is 4.74 Å². The molecule has 4 heteroatoms. The Hall–Kier alpha value is -1.03. The van der Waals surface area contributed by atoms with Crippen LogP contribution in [0.2, 0.25) is 0 Å². The van der Waals surface area contributed by atoms with Crippen molar-refractivity contribution in [1.82, 2.24) is 9.80 Å². The molecule has 0 radical (unpaired) electrons. The lowest BCUT2D eigenvalue weighted by atomic mass is 10.1. The summed E-state index contributed by atoms with van der Waals surface area (Å²) in [7, 11) is 3.92. The zero-order chi connectivity index (χ0) is 13.8. The van der Waals surface area contributed by atoms with Crippen LogP contribution in [0.25, 0.3) is 0 Å². The fraction of sp³-hybridized carbons (Fsp3) is 0.786. The molecule has 0 aliphatic carbocycles. The standard InChI is InChI=1S/C14H26N2O2/c1-14(2,3)18-13(17)16(5)11-8-12-6-9-15(4)10-7-12/h6H,7-11H2,1-5H3. The number of rotatable bonds is 3. The molecule has 104 valence electrons. The second kappa shape index (κ2) is 6.23. The van der Waals surface area contributed by atoms with Crippen molar-refractivity contribution in [3.8, 4) is 0 Å². The molecule has 0 atom stereocenters. The largest absolute Gasteiger partial charge is 0.444 e. The van der Waals surface area contributed by atoms with E-state index < -0.39 is 5.60 Å². The summed E-state index contributed by atoms with van der Waals surface area (Å²) in [6.45, 7) is 8.52. The highest BCUT2D eigenvalue weighted by molar-refractivity contribution is 5.67. The lowest BCUT2D eigenvalue weighted by molar-refractivity contribution is 0.0300. The monoisotopic (exact) mass is 254 g/mol. The number of carbonyl (C=O) groups excluding carboxylic acids is 1. The maximum atomic E-state index is 11.8. The third-order valence-corrected chi connectivity index (χ3v) is 2.98. The Morgan fingerprint density at radius 1 is 1.50 bits per heavy atom. The Bertz CT molecular complexity index is 318. The molecule has 1 amide bonds. The van der Waals surface area contributed by atoms with Gasteiger partial charge in [0.1, 0.15) is 5.60 Å². The minimum absolute atomic E-state index is 0.240. The number of carbonyl (C=O) groups is 1. The molecule has 1 rings (SSSR count). The highest BCUT2D eigenvalue weighted by Crippen LogP contribution is 2.14. The van der Waals surface area contributed by atoms with Crippen molar-refractivity contribution in [1.29, 1.82) is 0 Å². The zero-order valence-electron chi connectivity index (χ0n) is 12.3. The van der Waals surface area contributed by atoms with Crippen molar-refractivity contribution in [2.24, 2.45) is 0 Å². The highest BCUT2D eigenvalue weighted by Gasteiger charge is 2.19. The smallest absolute Gasteiger partial charge is 0.410 e. The van der Waals surface area contributed by atoms with E-state index in [1.807, 2.05) is 20.8 Å². The molecule has 0 aromatic heterocycles. The second-order valence-electron chi connectivity index (χ2n) is 6.03. The van der Waals surface area contributed by atoms with Gasteiger partial charge in [-0.25, -0.2) is 4.79 Å². The minimum Gasteiger partial charge on any atom is -0.444 e. The Morgan fingerprint density at radius 2 is 2.17 bits per heavy atom. The molecule has 1 aliphatic heterocycles. The fourth-order valence-corrected chi connectivity index (χ4v) is 1.78. The van der Waals surface area contributed by atoms with Crippen LogP contribution in [-0.4, -0.2) is 55.2 Å². The van der Waals surface area contributed by atoms with Crippen LogP contribution >= 0.6 is 0 Å². The third kappa shape index (κ3) is 5.54. The average molecular weight is 254 g/mol. The Balaban J connectivity index is 2.33. The van der Waals surface area contributed by atoms with E-state index in [-0.39, 0.29) is 6.09 Å². The van der Waals surface area contributed by atoms with Gasteiger partial charge < -0.3 is 14.5 Å². The molecule has 1 heterocycles. The normalized spacial score (nSPS) is 17.3. The van der Waals surface area contributed by atoms with Crippen LogP contribution in [0.3, 0.4) is 0 Å². The van der Waals surface area contributed by atoms with Crippen LogP contribution in [0.5, 0.6) is 0 Å². The van der Waals surface area contributed by atoms with E-state index in [1.165, 1.54) is 5.57 Å². The first-order valence-electron chi connectivity index (χ1n) is 6.58. The van der Waals surface area contributed by atoms with E-state index in [1.54, 1.807) is 11.9 Å². The first-order valence-corrected chi connectivity index (χ1v) is 6.58. The van der Waals surface area contributed by atoms with Gasteiger partial charge in [-0.3, -0.25) is 0 Å². The van der Waals surface area contributed by atoms with Crippen molar-refractivity contribution >= 4 is 6.09 Å². The van der Waals surface area contributed by atoms with Crippen molar-refractivity contribution in [3.63, 3.8) is 0 Å². The van der Waals surface area contributed by atoms with E-state index in [0.717, 1.165) is 32.5 Å². The maximum Gasteiger partial charge on any atom is 0.410 e. The molecule has 0 aromatic rings. The van der Waals surface area contributed by atoms with E-state index in [9.17, 15) is 4.79 Å². The molecule has 0 unspecified atom stereocenters. The first kappa shape index (κ1) is 15.0. The zero-order valence-corrected chi connectivity index (χ0v) is 12.3. The maximum absolute atomic E-state index is 11.8. The van der Waals surface area contributed by atoms with Gasteiger partial charge in [-0.1, -0.05) is 11.6 Å². The topological polar surface area (TPSA) is 32.8 Å². The summed E-state index contributed by atoms with van der Waals surface area (Å²) >= 11 is 0. The molecule has 1 aliphatic rings. The molecule has 0 spiro atoms. The van der Waals surface area contributed by atoms with Gasteiger partial charge in [0.25, 0.3) is 0 Å². The minimum atomic E-state index is -0.418. The summed E-state index contributed by atoms with van der Waals surface area (Å²) < 4.78 is 5.32. The van der Waals surface area contributed by atoms with Gasteiger partial charge in [-0.05, 0) is 40.7 Å². The number of amides is 1. The van der Waals surface area contributed by atoms with E-state index in [2.05, 4.69) is 18.0 Å². The van der Waals surface area contributed by atoms with Crippen LogP contribution in [0.4, 0.5) is 4.79 Å². The SMILES string of the molecule is CN1CC=C(CCN(C)C(=O)OC(C)(C)C)CC1. The van der Waals surface area contributed by atoms with Gasteiger partial charge in [-0.15, -0.1) is 0 Å². The lowest BCUT2D eigenvalue weighted by Crippen LogP contribution is -2.35. The third-order valence-electron chi connectivity index (χ3n) is 2.98. The quantitative estimate of drug-likeness (QED) is 0.725. The molecule has 0 fully saturated rings. The molecule has 0 saturated heterocycles. The predicted octanol–water partition coefficient (Wildman–Crippen LogP) is 2.51. The number of hydrogen-bond acceptors (Lipinski definition) is 3. The van der Waals surface area contributed by atoms with Gasteiger partial charge >= 0.3 is 6.09 Å². The summed E-state index contributed by atoms with van der Waals surface area (Å²) in [5, 5.41) is 0. The van der Waals surface area contributed by atoms with Crippen molar-refractivity contribution in [3.05, 3.63) is 11.6 Å². The highest BCUT2D eigenvalue weighted by atomic mass is 16.6. The van der Waals surface area contributed by atoms with E-state index in [4.69, 9.17) is 4.74 Å². The van der Waals surface area contributed by atoms with Crippen molar-refractivity contribution in [2.75, 3.05) is 33.7 Å². The predicted molar refractivity (Wildman–Crippen MR) is 73.7 cm³/mol. The number of hydrogen-bond donors (Lipinski definition) is 0. The molecule has 18 heavy (non-hydrogen) atoms. The molecule has 4 nitrogen and oxygen atoms in total. The molecule has 0 aromatic carbocycles. The summed E-state index contributed by atoms with van der Waals surface area (Å²) in [5.74, 6) is 0. The van der Waals surface area contributed by atoms with Gasteiger partial charge in [0, 0.05) is 26.7 Å². The summed E-state index contributed by atoms with van der Waals surface area (Å²) in [4.78, 5) is 15.7. The van der Waals surface area contributed by atoms with Gasteiger partial charge in [0.05, 0.1) is 0 Å². The van der Waals surface area contributed by atoms with Crippen molar-refractivity contribution < 1.29 is 9.53 Å². The van der Waals surface area contributed by atoms with Gasteiger partial charge in [0.2, 0.25) is 0 Å². The van der Waals surface area contributed by atoms with Crippen molar-refractivity contribution in [2.45, 2.75) is 39.2 Å². The van der Waals surface area contributed by atoms with Gasteiger partial charge in [-0.2, -0.15) is 0 Å². The molecule has 0 saturated carbocycles. The summed E-state index contributed by atoms with van der Waals surface area (Å²) in [5.41, 5.74) is 1.03. The summed E-state index contributed by atoms with van der Waals surface area (Å²) in [6, 6.07) is 0. The van der Waals surface area contributed by atoms with Gasteiger partial charge in [0.15, 0.2) is 0 Å². The summed E-state index contributed by atoms with van der Waals surface area (Å²) in [6.07, 6.45) is 4.09. The van der Waals surface area contributed by atoms with Crippen LogP contribution in [0.1, 0.15) is 33.6 Å². The molecule has 0 N–H and O–H groups in total.